The Hall–Kier alpha value is -4.00. The number of carbonyl (C=O) groups is 2. The first kappa shape index (κ1) is 20.7. The van der Waals surface area contributed by atoms with Gasteiger partial charge in [-0.15, -0.1) is 0 Å². The zero-order valence-corrected chi connectivity index (χ0v) is 16.0. The topological polar surface area (TPSA) is 155 Å². The number of rotatable bonds is 6. The Labute approximate surface area is 168 Å². The first-order valence-corrected chi connectivity index (χ1v) is 8.66. The molecule has 0 atom stereocenters. The second-order valence-electron chi connectivity index (χ2n) is 6.33. The number of ether oxygens (including phenoxy) is 1. The van der Waals surface area contributed by atoms with E-state index in [2.05, 4.69) is 5.32 Å². The van der Waals surface area contributed by atoms with Gasteiger partial charge in [-0.3, -0.25) is 24.0 Å². The third-order valence-corrected chi connectivity index (χ3v) is 4.35. The molecule has 1 N–H and O–H groups in total. The van der Waals surface area contributed by atoms with Crippen LogP contribution in [0.1, 0.15) is 5.56 Å². The third-order valence-electron chi connectivity index (χ3n) is 4.35. The minimum Gasteiger partial charge on any atom is -0.408 e. The fraction of sp³-hybridized carbons (Fsp3) is 0.294. The number of aromatic nitrogens is 2. The molecule has 0 unspecified atom stereocenters. The molecule has 0 saturated carbocycles. The molecule has 3 rings (SSSR count). The molecule has 0 fully saturated rings. The number of nitrogens with zero attached hydrogens (tertiary/aromatic N) is 4. The van der Waals surface area contributed by atoms with E-state index < -0.39 is 33.9 Å². The van der Waals surface area contributed by atoms with E-state index in [1.165, 1.54) is 26.2 Å². The Bertz CT molecular complexity index is 1130. The Morgan fingerprint density at radius 3 is 2.33 bits per heavy atom. The van der Waals surface area contributed by atoms with Gasteiger partial charge >= 0.3 is 23.2 Å². The Morgan fingerprint density at radius 2 is 1.70 bits per heavy atom. The van der Waals surface area contributed by atoms with Crippen LogP contribution in [0.5, 0.6) is 5.75 Å². The van der Waals surface area contributed by atoms with Crippen LogP contribution in [0, 0.1) is 10.1 Å². The van der Waals surface area contributed by atoms with Gasteiger partial charge in [-0.05, 0) is 5.56 Å². The molecule has 13 nitrogen and oxygen atoms in total. The lowest BCUT2D eigenvalue weighted by Gasteiger charge is -2.23. The Balaban J connectivity index is 1.77. The number of nitro benzene ring substituents is 1. The maximum Gasteiger partial charge on any atom is 0.442 e. The minimum atomic E-state index is -1.38. The number of esters is 1. The van der Waals surface area contributed by atoms with Gasteiger partial charge in [-0.1, -0.05) is 12.1 Å². The van der Waals surface area contributed by atoms with Crippen molar-refractivity contribution in [2.45, 2.75) is 6.54 Å². The zero-order chi connectivity index (χ0) is 22.0. The number of nitro groups is 1. The summed E-state index contributed by atoms with van der Waals surface area (Å²) in [5, 5.41) is 14.7. The number of carbonyl (C=O) groups excluding carboxylic acids is 2. The molecule has 13 heteroatoms. The molecule has 1 aromatic heterocycles. The van der Waals surface area contributed by atoms with Crippen molar-refractivity contribution in [3.63, 3.8) is 0 Å². The van der Waals surface area contributed by atoms with Crippen molar-refractivity contribution in [3.05, 3.63) is 60.8 Å². The van der Waals surface area contributed by atoms with E-state index in [1.54, 1.807) is 12.1 Å². The van der Waals surface area contributed by atoms with Crippen LogP contribution >= 0.6 is 0 Å². The first-order chi connectivity index (χ1) is 14.2. The van der Waals surface area contributed by atoms with Crippen LogP contribution in [-0.4, -0.2) is 39.1 Å². The summed E-state index contributed by atoms with van der Waals surface area (Å²) < 4.78 is 6.60. The molecule has 1 aliphatic heterocycles. The van der Waals surface area contributed by atoms with Crippen molar-refractivity contribution >= 4 is 23.4 Å². The van der Waals surface area contributed by atoms with Gasteiger partial charge < -0.3 is 14.9 Å². The van der Waals surface area contributed by atoms with E-state index in [9.17, 15) is 29.3 Å². The molecule has 30 heavy (non-hydrogen) atoms. The van der Waals surface area contributed by atoms with Gasteiger partial charge in [-0.2, -0.15) is 5.06 Å². The normalized spacial score (nSPS) is 13.3. The van der Waals surface area contributed by atoms with E-state index >= 15 is 0 Å². The highest BCUT2D eigenvalue weighted by Gasteiger charge is 2.34. The molecule has 2 aromatic rings. The second kappa shape index (κ2) is 8.16. The van der Waals surface area contributed by atoms with Crippen LogP contribution < -0.4 is 26.4 Å². The Morgan fingerprint density at radius 1 is 1.03 bits per heavy atom. The smallest absolute Gasteiger partial charge is 0.408 e. The summed E-state index contributed by atoms with van der Waals surface area (Å²) in [6.45, 7) is 0.529. The largest absolute Gasteiger partial charge is 0.442 e. The van der Waals surface area contributed by atoms with Crippen molar-refractivity contribution in [3.8, 4) is 5.75 Å². The van der Waals surface area contributed by atoms with Gasteiger partial charge in [0, 0.05) is 39.3 Å². The van der Waals surface area contributed by atoms with Crippen molar-refractivity contribution in [2.75, 3.05) is 18.2 Å². The van der Waals surface area contributed by atoms with Gasteiger partial charge in [0.2, 0.25) is 5.75 Å². The molecule has 0 radical (unpaired) electrons. The van der Waals surface area contributed by atoms with E-state index in [-0.39, 0.29) is 24.6 Å². The summed E-state index contributed by atoms with van der Waals surface area (Å²) in [6.07, 6.45) is 0. The van der Waals surface area contributed by atoms with Gasteiger partial charge in [0.05, 0.1) is 11.5 Å². The summed E-state index contributed by atoms with van der Waals surface area (Å²) in [5.74, 6) is -3.38. The zero-order valence-electron chi connectivity index (χ0n) is 16.0. The fourth-order valence-corrected chi connectivity index (χ4v) is 2.79. The van der Waals surface area contributed by atoms with Gasteiger partial charge in [-0.25, -0.2) is 14.4 Å². The number of fused-ring (bicyclic) bond motifs is 1. The summed E-state index contributed by atoms with van der Waals surface area (Å²) in [4.78, 5) is 63.3. The third kappa shape index (κ3) is 3.91. The predicted octanol–water partition coefficient (Wildman–Crippen LogP) is -1.03. The van der Waals surface area contributed by atoms with E-state index in [0.717, 1.165) is 19.8 Å². The van der Waals surface area contributed by atoms with Crippen LogP contribution in [0.2, 0.25) is 0 Å². The van der Waals surface area contributed by atoms with Crippen LogP contribution in [0.25, 0.3) is 0 Å². The average molecular weight is 419 g/mol. The highest BCUT2D eigenvalue weighted by atomic mass is 16.7. The first-order valence-electron chi connectivity index (χ1n) is 8.66. The van der Waals surface area contributed by atoms with E-state index in [4.69, 9.17) is 9.57 Å². The lowest BCUT2D eigenvalue weighted by atomic mass is 10.2. The molecule has 2 heterocycles. The molecule has 0 aliphatic carbocycles. The lowest BCUT2D eigenvalue weighted by Crippen LogP contribution is -2.42. The van der Waals surface area contributed by atoms with Crippen molar-refractivity contribution < 1.29 is 24.1 Å². The van der Waals surface area contributed by atoms with E-state index in [0.29, 0.717) is 6.54 Å². The summed E-state index contributed by atoms with van der Waals surface area (Å²) in [6, 6.07) is 5.93. The fourth-order valence-electron chi connectivity index (χ4n) is 2.79. The number of non-ortho nitro benzene ring substituents is 1. The minimum absolute atomic E-state index is 0.0250. The molecule has 0 bridgehead atoms. The monoisotopic (exact) mass is 419 g/mol. The maximum atomic E-state index is 12.3. The molecule has 0 saturated heterocycles. The standard InChI is InChI=1S/C17H17N5O8/c1-19-13-12(14(23)20(2)17(19)26)29-15(24)16(25)30-21(13)8-7-18-9-10-3-5-11(6-4-10)22(27)28/h3-6,18H,7-9H2,1-2H3. The molecule has 1 aliphatic rings. The van der Waals surface area contributed by atoms with Crippen molar-refractivity contribution in [1.82, 2.24) is 14.5 Å². The highest BCUT2D eigenvalue weighted by Crippen LogP contribution is 2.25. The second-order valence-corrected chi connectivity index (χ2v) is 6.33. The van der Waals surface area contributed by atoms with E-state index in [1.807, 2.05) is 0 Å². The van der Waals surface area contributed by atoms with Crippen LogP contribution in [0.4, 0.5) is 11.5 Å². The Kier molecular flexibility index (Phi) is 5.64. The molecule has 158 valence electrons. The molecular weight excluding hydrogens is 402 g/mol. The SMILES string of the molecule is Cn1c2c(c(=O)n(C)c1=O)OC(=O)C(=O)ON2CCNCc1ccc([N+](=O)[O-])cc1. The summed E-state index contributed by atoms with van der Waals surface area (Å²) in [7, 11) is 2.55. The van der Waals surface area contributed by atoms with Crippen LogP contribution in [0.15, 0.2) is 33.9 Å². The molecular formula is C17H17N5O8. The van der Waals surface area contributed by atoms with Crippen molar-refractivity contribution in [1.29, 1.82) is 0 Å². The molecule has 0 amide bonds. The van der Waals surface area contributed by atoms with Gasteiger partial charge in [0.15, 0.2) is 5.82 Å². The number of hydroxylamine groups is 1. The van der Waals surface area contributed by atoms with Gasteiger partial charge in [0.1, 0.15) is 0 Å². The number of hydrogen-bond donors (Lipinski definition) is 1. The van der Waals surface area contributed by atoms with Gasteiger partial charge in [0.25, 0.3) is 5.69 Å². The van der Waals surface area contributed by atoms with Crippen molar-refractivity contribution in [2.24, 2.45) is 14.1 Å². The van der Waals surface area contributed by atoms with Crippen LogP contribution in [-0.2, 0) is 35.1 Å². The summed E-state index contributed by atoms with van der Waals surface area (Å²) in [5.41, 5.74) is -0.840. The number of benzene rings is 1. The summed E-state index contributed by atoms with van der Waals surface area (Å²) >= 11 is 0. The average Bonchev–Trinajstić information content (AvgIpc) is 2.85. The lowest BCUT2D eigenvalue weighted by molar-refractivity contribution is -0.384. The quantitative estimate of drug-likeness (QED) is 0.202. The number of anilines is 1. The number of nitrogens with one attached hydrogen (secondary N) is 1. The predicted molar refractivity (Wildman–Crippen MR) is 101 cm³/mol. The highest BCUT2D eigenvalue weighted by molar-refractivity contribution is 6.30. The van der Waals surface area contributed by atoms with Crippen LogP contribution in [0.3, 0.4) is 0 Å². The molecule has 0 spiro atoms. The maximum absolute atomic E-state index is 12.3. The molecule has 1 aromatic carbocycles. The number of hydrogen-bond acceptors (Lipinski definition) is 10.